The highest BCUT2D eigenvalue weighted by Crippen LogP contribution is 2.38. The zero-order chi connectivity index (χ0) is 24.6. The van der Waals surface area contributed by atoms with E-state index in [1.165, 1.54) is 4.90 Å². The molecule has 2 saturated heterocycles. The number of ether oxygens (including phenoxy) is 1. The van der Waals surface area contributed by atoms with Crippen LogP contribution < -0.4 is 4.74 Å². The number of carbonyl (C=O) groups is 2. The van der Waals surface area contributed by atoms with E-state index in [1.54, 1.807) is 6.20 Å². The Kier molecular flexibility index (Phi) is 6.01. The lowest BCUT2D eigenvalue weighted by molar-refractivity contribution is -0.139. The highest BCUT2D eigenvalue weighted by molar-refractivity contribution is 6.05. The Balaban J connectivity index is 1.12. The molecule has 6 heteroatoms. The number of carbonyl (C=O) groups excluding carboxylic acids is 2. The predicted octanol–water partition coefficient (Wildman–Crippen LogP) is 4.53. The van der Waals surface area contributed by atoms with Crippen LogP contribution in [-0.4, -0.2) is 59.4 Å². The number of benzene rings is 1. The van der Waals surface area contributed by atoms with Gasteiger partial charge in [-0.15, -0.1) is 0 Å². The molecule has 0 bridgehead atoms. The van der Waals surface area contributed by atoms with Crippen LogP contribution in [0.3, 0.4) is 0 Å². The summed E-state index contributed by atoms with van der Waals surface area (Å²) >= 11 is 0. The van der Waals surface area contributed by atoms with E-state index in [0.717, 1.165) is 81.0 Å². The van der Waals surface area contributed by atoms with Crippen LogP contribution in [0.2, 0.25) is 0 Å². The van der Waals surface area contributed by atoms with Gasteiger partial charge in [-0.3, -0.25) is 14.5 Å². The lowest BCUT2D eigenvalue weighted by atomic mass is 9.81. The van der Waals surface area contributed by atoms with Crippen molar-refractivity contribution in [3.05, 3.63) is 30.0 Å². The summed E-state index contributed by atoms with van der Waals surface area (Å²) in [5.41, 5.74) is 1.61. The number of aromatic amines is 1. The highest BCUT2D eigenvalue weighted by Gasteiger charge is 2.47. The molecule has 3 heterocycles. The number of hydrogen-bond acceptors (Lipinski definition) is 4. The Labute approximate surface area is 199 Å². The average molecular weight is 454 g/mol. The van der Waals surface area contributed by atoms with E-state index in [0.29, 0.717) is 18.7 Å². The highest BCUT2D eigenvalue weighted by atomic mass is 16.5. The van der Waals surface area contributed by atoms with E-state index in [2.05, 4.69) is 9.88 Å². The van der Waals surface area contributed by atoms with Crippen LogP contribution in [0.25, 0.3) is 10.9 Å². The van der Waals surface area contributed by atoms with Gasteiger partial charge in [-0.05, 0) is 88.7 Å². The number of rotatable bonds is 9. The van der Waals surface area contributed by atoms with E-state index in [9.17, 15) is 9.59 Å². The minimum absolute atomic E-state index is 0.0511. The molecule has 1 aromatic heterocycles. The molecule has 5 rings (SSSR count). The van der Waals surface area contributed by atoms with Gasteiger partial charge in [0, 0.05) is 32.4 Å². The van der Waals surface area contributed by atoms with E-state index in [-0.39, 0.29) is 29.7 Å². The molecule has 0 unspecified atom stereocenters. The van der Waals surface area contributed by atoms with Gasteiger partial charge in [-0.2, -0.15) is 0 Å². The van der Waals surface area contributed by atoms with Gasteiger partial charge in [0.1, 0.15) is 5.75 Å². The van der Waals surface area contributed by atoms with Crippen molar-refractivity contribution in [2.24, 2.45) is 11.8 Å². The molecule has 1 saturated carbocycles. The van der Waals surface area contributed by atoms with Crippen LogP contribution in [0.4, 0.5) is 0 Å². The summed E-state index contributed by atoms with van der Waals surface area (Å²) in [5.74, 6) is 0.717. The Bertz CT molecular complexity index is 1060. The zero-order valence-electron chi connectivity index (χ0n) is 21.6. The number of likely N-dealkylation sites (N-methyl/N-ethyl adjacent to an activating group) is 1. The number of likely N-dealkylation sites (tertiary alicyclic amines) is 2. The SMILES string of the molecule is [2H]C([2H])(c1c[nH]c2ccc(OCCCCCN3C(=O)[C@H]4CCCC[C@H]4C3=O)cc12)[C@H]1CCCN1C. The Morgan fingerprint density at radius 1 is 1.06 bits per heavy atom. The fraction of sp³-hybridized carbons (Fsp3) is 0.630. The summed E-state index contributed by atoms with van der Waals surface area (Å²) in [4.78, 5) is 32.0. The number of unbranched alkanes of at least 4 members (excludes halogenated alkanes) is 2. The third-order valence-corrected chi connectivity index (χ3v) is 7.72. The molecular weight excluding hydrogens is 414 g/mol. The second-order valence-corrected chi connectivity index (χ2v) is 9.93. The molecule has 3 aliphatic rings. The summed E-state index contributed by atoms with van der Waals surface area (Å²) in [6.45, 7) is 2.01. The van der Waals surface area contributed by atoms with Crippen molar-refractivity contribution >= 4 is 22.7 Å². The van der Waals surface area contributed by atoms with Crippen LogP contribution in [0.5, 0.6) is 5.75 Å². The van der Waals surface area contributed by atoms with Crippen LogP contribution in [-0.2, 0) is 16.0 Å². The minimum atomic E-state index is -1.44. The van der Waals surface area contributed by atoms with Gasteiger partial charge in [-0.1, -0.05) is 12.8 Å². The lowest BCUT2D eigenvalue weighted by Crippen LogP contribution is -2.32. The number of nitrogens with one attached hydrogen (secondary N) is 1. The van der Waals surface area contributed by atoms with E-state index in [1.807, 2.05) is 25.2 Å². The molecule has 1 aromatic carbocycles. The first-order valence-electron chi connectivity index (χ1n) is 13.7. The van der Waals surface area contributed by atoms with E-state index >= 15 is 0 Å². The number of fused-ring (bicyclic) bond motifs is 2. The maximum Gasteiger partial charge on any atom is 0.233 e. The smallest absolute Gasteiger partial charge is 0.233 e. The average Bonchev–Trinajstić information content (AvgIpc) is 3.54. The van der Waals surface area contributed by atoms with Crippen molar-refractivity contribution in [1.29, 1.82) is 0 Å². The number of H-pyrrole nitrogens is 1. The third-order valence-electron chi connectivity index (χ3n) is 7.72. The largest absolute Gasteiger partial charge is 0.494 e. The molecule has 2 aromatic rings. The first-order valence-corrected chi connectivity index (χ1v) is 12.7. The number of hydrogen-bond donors (Lipinski definition) is 1. The van der Waals surface area contributed by atoms with Crippen LogP contribution >= 0.6 is 0 Å². The molecule has 178 valence electrons. The van der Waals surface area contributed by atoms with E-state index in [4.69, 9.17) is 7.48 Å². The zero-order valence-corrected chi connectivity index (χ0v) is 19.6. The monoisotopic (exact) mass is 453 g/mol. The number of amides is 2. The molecule has 3 atom stereocenters. The van der Waals surface area contributed by atoms with Crippen LogP contribution in [0.15, 0.2) is 24.4 Å². The second-order valence-electron chi connectivity index (χ2n) is 9.93. The van der Waals surface area contributed by atoms with Crippen molar-refractivity contribution in [2.75, 3.05) is 26.7 Å². The standard InChI is InChI=1S/C27H37N3O3/c1-29-13-7-8-20(29)16-19-18-28-25-12-11-21(17-24(19)25)33-15-6-2-5-14-30-26(31)22-9-3-4-10-23(22)27(30)32/h11-12,17-18,20,22-23,28H,2-10,13-16H2,1H3/t20-,22-,23+/m1/s1/i16D2. The van der Waals surface area contributed by atoms with Crippen molar-refractivity contribution in [1.82, 2.24) is 14.8 Å². The molecule has 33 heavy (non-hydrogen) atoms. The molecule has 2 aliphatic heterocycles. The fourth-order valence-electron chi connectivity index (χ4n) is 5.77. The maximum absolute atomic E-state index is 12.6. The number of aromatic nitrogens is 1. The van der Waals surface area contributed by atoms with Crippen molar-refractivity contribution in [3.63, 3.8) is 0 Å². The second kappa shape index (κ2) is 9.88. The summed E-state index contributed by atoms with van der Waals surface area (Å²) in [7, 11) is 2.00. The van der Waals surface area contributed by atoms with E-state index < -0.39 is 6.37 Å². The van der Waals surface area contributed by atoms with Crippen molar-refractivity contribution in [2.45, 2.75) is 70.2 Å². The van der Waals surface area contributed by atoms with Crippen molar-refractivity contribution in [3.8, 4) is 5.75 Å². The maximum atomic E-state index is 12.6. The number of imide groups is 1. The quantitative estimate of drug-likeness (QED) is 0.448. The molecule has 1 N–H and O–H groups in total. The number of nitrogens with zero attached hydrogens (tertiary/aromatic N) is 2. The van der Waals surface area contributed by atoms with Crippen molar-refractivity contribution < 1.29 is 17.1 Å². The first-order chi connectivity index (χ1) is 16.9. The molecule has 0 radical (unpaired) electrons. The Morgan fingerprint density at radius 2 is 1.85 bits per heavy atom. The topological polar surface area (TPSA) is 65.6 Å². The normalized spacial score (nSPS) is 27.2. The minimum Gasteiger partial charge on any atom is -0.494 e. The summed E-state index contributed by atoms with van der Waals surface area (Å²) in [5, 5.41) is 0.875. The molecule has 0 spiro atoms. The fourth-order valence-corrected chi connectivity index (χ4v) is 5.77. The van der Waals surface area contributed by atoms with Crippen LogP contribution in [0.1, 0.15) is 66.1 Å². The van der Waals surface area contributed by atoms with Gasteiger partial charge in [0.25, 0.3) is 0 Å². The van der Waals surface area contributed by atoms with Crippen LogP contribution in [0, 0.1) is 11.8 Å². The molecule has 3 fully saturated rings. The van der Waals surface area contributed by atoms with Gasteiger partial charge in [0.2, 0.25) is 11.8 Å². The summed E-state index contributed by atoms with van der Waals surface area (Å²) in [6, 6.07) is 5.69. The van der Waals surface area contributed by atoms with Gasteiger partial charge in [0.15, 0.2) is 0 Å². The predicted molar refractivity (Wildman–Crippen MR) is 129 cm³/mol. The summed E-state index contributed by atoms with van der Waals surface area (Å²) < 4.78 is 23.7. The molecular formula is C27H37N3O3. The molecule has 1 aliphatic carbocycles. The van der Waals surface area contributed by atoms with Gasteiger partial charge in [-0.25, -0.2) is 0 Å². The van der Waals surface area contributed by atoms with Gasteiger partial charge in [0.05, 0.1) is 18.4 Å². The lowest BCUT2D eigenvalue weighted by Gasteiger charge is -2.19. The van der Waals surface area contributed by atoms with Gasteiger partial charge < -0.3 is 14.6 Å². The Hall–Kier alpha value is -2.34. The Morgan fingerprint density at radius 3 is 2.58 bits per heavy atom. The third kappa shape index (κ3) is 4.68. The first kappa shape index (κ1) is 20.1. The molecule has 6 nitrogen and oxygen atoms in total. The molecule has 2 amide bonds. The summed E-state index contributed by atoms with van der Waals surface area (Å²) in [6.07, 6.45) is 8.64. The van der Waals surface area contributed by atoms with Gasteiger partial charge >= 0.3 is 0 Å².